The van der Waals surface area contributed by atoms with E-state index in [2.05, 4.69) is 5.32 Å². The molecule has 0 unspecified atom stereocenters. The minimum Gasteiger partial charge on any atom is -0.410 e. The number of hydrogen-bond donors (Lipinski definition) is 1. The van der Waals surface area contributed by atoms with Gasteiger partial charge in [-0.05, 0) is 37.0 Å². The zero-order valence-electron chi connectivity index (χ0n) is 14.1. The normalized spacial score (nSPS) is 15.3. The van der Waals surface area contributed by atoms with E-state index in [0.29, 0.717) is 5.75 Å². The average Bonchev–Trinajstić information content (AvgIpc) is 2.68. The first-order valence-electron chi connectivity index (χ1n) is 8.61. The molecule has 0 radical (unpaired) electrons. The van der Waals surface area contributed by atoms with Gasteiger partial charge >= 0.3 is 6.09 Å². The summed E-state index contributed by atoms with van der Waals surface area (Å²) in [5.41, 5.74) is 0.753. The van der Waals surface area contributed by atoms with Gasteiger partial charge in [-0.1, -0.05) is 48.5 Å². The molecular formula is C20H22N2O3. The summed E-state index contributed by atoms with van der Waals surface area (Å²) >= 11 is 0. The van der Waals surface area contributed by atoms with Crippen LogP contribution in [0.25, 0.3) is 0 Å². The van der Waals surface area contributed by atoms with Crippen LogP contribution < -0.4 is 10.1 Å². The molecule has 1 N–H and O–H groups in total. The molecule has 5 heteroatoms. The van der Waals surface area contributed by atoms with Crippen LogP contribution in [0, 0.1) is 0 Å². The summed E-state index contributed by atoms with van der Waals surface area (Å²) in [6, 6.07) is 17.4. The summed E-state index contributed by atoms with van der Waals surface area (Å²) in [7, 11) is 0. The van der Waals surface area contributed by atoms with Gasteiger partial charge < -0.3 is 15.0 Å². The molecule has 2 aromatic rings. The molecule has 1 atom stereocenters. The Morgan fingerprint density at radius 3 is 2.12 bits per heavy atom. The third-order valence-corrected chi connectivity index (χ3v) is 4.26. The molecule has 1 heterocycles. The highest BCUT2D eigenvalue weighted by Crippen LogP contribution is 2.20. The number of nitrogens with one attached hydrogen (secondary N) is 1. The van der Waals surface area contributed by atoms with E-state index in [-0.39, 0.29) is 5.91 Å². The number of rotatable bonds is 4. The summed E-state index contributed by atoms with van der Waals surface area (Å²) in [5.74, 6) is 0.355. The fraction of sp³-hybridized carbons (Fsp3) is 0.300. The number of ether oxygens (including phenoxy) is 1. The van der Waals surface area contributed by atoms with Crippen LogP contribution in [0.15, 0.2) is 60.7 Å². The van der Waals surface area contributed by atoms with Crippen molar-refractivity contribution in [3.05, 3.63) is 66.2 Å². The molecule has 25 heavy (non-hydrogen) atoms. The number of benzene rings is 2. The predicted molar refractivity (Wildman–Crippen MR) is 95.2 cm³/mol. The maximum absolute atomic E-state index is 12.9. The van der Waals surface area contributed by atoms with Crippen molar-refractivity contribution in [3.63, 3.8) is 0 Å². The molecule has 0 bridgehead atoms. The fourth-order valence-corrected chi connectivity index (χ4v) is 2.97. The minimum absolute atomic E-state index is 0.0871. The van der Waals surface area contributed by atoms with Crippen molar-refractivity contribution >= 4 is 12.0 Å². The second kappa shape index (κ2) is 8.33. The molecule has 3 rings (SSSR count). The van der Waals surface area contributed by atoms with Crippen molar-refractivity contribution in [3.8, 4) is 5.75 Å². The van der Waals surface area contributed by atoms with Crippen molar-refractivity contribution < 1.29 is 14.3 Å². The van der Waals surface area contributed by atoms with Crippen LogP contribution in [-0.2, 0) is 4.79 Å². The summed E-state index contributed by atoms with van der Waals surface area (Å²) in [6.45, 7) is 1.47. The molecule has 0 saturated carbocycles. The Morgan fingerprint density at radius 1 is 0.880 bits per heavy atom. The average molecular weight is 338 g/mol. The first-order chi connectivity index (χ1) is 12.2. The number of amides is 2. The van der Waals surface area contributed by atoms with Crippen molar-refractivity contribution in [2.45, 2.75) is 25.3 Å². The fourth-order valence-electron chi connectivity index (χ4n) is 2.97. The number of carbonyl (C=O) groups excluding carboxylic acids is 2. The number of carbonyl (C=O) groups is 2. The highest BCUT2D eigenvalue weighted by atomic mass is 16.6. The van der Waals surface area contributed by atoms with Gasteiger partial charge in [-0.2, -0.15) is 0 Å². The summed E-state index contributed by atoms with van der Waals surface area (Å²) < 4.78 is 5.28. The van der Waals surface area contributed by atoms with Crippen molar-refractivity contribution in [1.29, 1.82) is 0 Å². The maximum atomic E-state index is 12.9. The van der Waals surface area contributed by atoms with E-state index >= 15 is 0 Å². The van der Waals surface area contributed by atoms with Gasteiger partial charge in [0.15, 0.2) is 0 Å². The van der Waals surface area contributed by atoms with E-state index in [0.717, 1.165) is 37.9 Å². The Balaban J connectivity index is 1.74. The van der Waals surface area contributed by atoms with Gasteiger partial charge in [-0.15, -0.1) is 0 Å². The first kappa shape index (κ1) is 17.0. The lowest BCUT2D eigenvalue weighted by Gasteiger charge is -2.30. The van der Waals surface area contributed by atoms with Gasteiger partial charge in [-0.25, -0.2) is 4.79 Å². The number of para-hydroxylation sites is 1. The molecule has 0 spiro atoms. The van der Waals surface area contributed by atoms with E-state index in [9.17, 15) is 9.59 Å². The van der Waals surface area contributed by atoms with E-state index in [1.165, 1.54) is 0 Å². The summed E-state index contributed by atoms with van der Waals surface area (Å²) in [5, 5.41) is 2.73. The van der Waals surface area contributed by atoms with E-state index in [1.54, 1.807) is 24.3 Å². The van der Waals surface area contributed by atoms with Crippen LogP contribution in [0.3, 0.4) is 0 Å². The van der Waals surface area contributed by atoms with Crippen LogP contribution in [0.2, 0.25) is 0 Å². The van der Waals surface area contributed by atoms with E-state index in [1.807, 2.05) is 41.3 Å². The SMILES string of the molecule is O=C(N[C@H](C(=O)N1CCCCC1)c1ccccc1)Oc1ccccc1. The molecule has 5 nitrogen and oxygen atoms in total. The standard InChI is InChI=1S/C20H22N2O3/c23-19(22-14-8-3-9-15-22)18(16-10-4-1-5-11-16)21-20(24)25-17-12-6-2-7-13-17/h1-2,4-7,10-13,18H,3,8-9,14-15H2,(H,21,24)/t18-/m0/s1. The zero-order chi connectivity index (χ0) is 17.5. The quantitative estimate of drug-likeness (QED) is 0.928. The predicted octanol–water partition coefficient (Wildman–Crippen LogP) is 3.53. The van der Waals surface area contributed by atoms with E-state index in [4.69, 9.17) is 4.74 Å². The lowest BCUT2D eigenvalue weighted by molar-refractivity contribution is -0.134. The molecule has 1 aliphatic heterocycles. The van der Waals surface area contributed by atoms with Crippen molar-refractivity contribution in [2.75, 3.05) is 13.1 Å². The van der Waals surface area contributed by atoms with Gasteiger partial charge in [0.2, 0.25) is 5.91 Å². The molecule has 0 aromatic heterocycles. The highest BCUT2D eigenvalue weighted by Gasteiger charge is 2.28. The Bertz CT molecular complexity index is 697. The largest absolute Gasteiger partial charge is 0.413 e. The van der Waals surface area contributed by atoms with Gasteiger partial charge in [0.05, 0.1) is 0 Å². The number of likely N-dealkylation sites (tertiary alicyclic amines) is 1. The Hall–Kier alpha value is -2.82. The molecule has 1 fully saturated rings. The number of piperidine rings is 1. The third kappa shape index (κ3) is 4.59. The Kier molecular flexibility index (Phi) is 5.67. The molecule has 0 aliphatic carbocycles. The zero-order valence-corrected chi connectivity index (χ0v) is 14.1. The topological polar surface area (TPSA) is 58.6 Å². The number of nitrogens with zero attached hydrogens (tertiary/aromatic N) is 1. The monoisotopic (exact) mass is 338 g/mol. The van der Waals surface area contributed by atoms with Gasteiger partial charge in [0.25, 0.3) is 0 Å². The second-order valence-corrected chi connectivity index (χ2v) is 6.08. The Labute approximate surface area is 147 Å². The van der Waals surface area contributed by atoms with E-state index < -0.39 is 12.1 Å². The smallest absolute Gasteiger partial charge is 0.410 e. The molecule has 130 valence electrons. The van der Waals surface area contributed by atoms with Crippen LogP contribution >= 0.6 is 0 Å². The maximum Gasteiger partial charge on any atom is 0.413 e. The number of hydrogen-bond acceptors (Lipinski definition) is 3. The van der Waals surface area contributed by atoms with Crippen LogP contribution in [0.1, 0.15) is 30.9 Å². The van der Waals surface area contributed by atoms with Crippen LogP contribution in [0.5, 0.6) is 5.75 Å². The minimum atomic E-state index is -0.740. The second-order valence-electron chi connectivity index (χ2n) is 6.08. The molecule has 2 amide bonds. The summed E-state index contributed by atoms with van der Waals surface area (Å²) in [6.07, 6.45) is 2.51. The van der Waals surface area contributed by atoms with Crippen LogP contribution in [0.4, 0.5) is 4.79 Å². The molecule has 1 aliphatic rings. The van der Waals surface area contributed by atoms with Crippen LogP contribution in [-0.4, -0.2) is 30.0 Å². The lowest BCUT2D eigenvalue weighted by Crippen LogP contribution is -2.45. The molecular weight excluding hydrogens is 316 g/mol. The van der Waals surface area contributed by atoms with Gasteiger partial charge in [0.1, 0.15) is 11.8 Å². The Morgan fingerprint density at radius 2 is 1.48 bits per heavy atom. The molecule has 1 saturated heterocycles. The van der Waals surface area contributed by atoms with Crippen molar-refractivity contribution in [1.82, 2.24) is 10.2 Å². The first-order valence-corrected chi connectivity index (χ1v) is 8.61. The van der Waals surface area contributed by atoms with Gasteiger partial charge in [0, 0.05) is 13.1 Å². The highest BCUT2D eigenvalue weighted by molar-refractivity contribution is 5.87. The lowest BCUT2D eigenvalue weighted by atomic mass is 10.0. The third-order valence-electron chi connectivity index (χ3n) is 4.26. The summed E-state index contributed by atoms with van der Waals surface area (Å²) in [4.78, 5) is 27.0. The molecule has 2 aromatic carbocycles. The van der Waals surface area contributed by atoms with Gasteiger partial charge in [-0.3, -0.25) is 4.79 Å². The van der Waals surface area contributed by atoms with Crippen molar-refractivity contribution in [2.24, 2.45) is 0 Å².